The second kappa shape index (κ2) is 5.67. The van der Waals surface area contributed by atoms with Gasteiger partial charge in [-0.15, -0.1) is 0 Å². The summed E-state index contributed by atoms with van der Waals surface area (Å²) in [6.07, 6.45) is 2.71. The van der Waals surface area contributed by atoms with E-state index in [2.05, 4.69) is 6.07 Å². The van der Waals surface area contributed by atoms with Crippen LogP contribution in [0.25, 0.3) is 5.65 Å². The molecule has 2 atom stereocenters. The lowest BCUT2D eigenvalue weighted by Gasteiger charge is -2.44. The first-order chi connectivity index (χ1) is 13.1. The van der Waals surface area contributed by atoms with Crippen LogP contribution in [0.4, 0.5) is 5.82 Å². The SMILES string of the molecule is Cc1cccn2c(=O)c3c(nc12)N1CCc2ccccc2[C@@H]1[C@@H](C(=O)O)C3. The lowest BCUT2D eigenvalue weighted by Crippen LogP contribution is -2.48. The van der Waals surface area contributed by atoms with Crippen molar-refractivity contribution < 1.29 is 9.90 Å². The maximum absolute atomic E-state index is 13.1. The van der Waals surface area contributed by atoms with Crippen LogP contribution < -0.4 is 10.5 Å². The molecule has 0 saturated carbocycles. The van der Waals surface area contributed by atoms with Gasteiger partial charge in [-0.2, -0.15) is 0 Å². The van der Waals surface area contributed by atoms with Gasteiger partial charge in [0, 0.05) is 12.7 Å². The first-order valence-electron chi connectivity index (χ1n) is 9.14. The molecule has 0 bridgehead atoms. The third-order valence-corrected chi connectivity index (χ3v) is 5.85. The number of benzene rings is 1. The van der Waals surface area contributed by atoms with Crippen molar-refractivity contribution in [2.45, 2.75) is 25.8 Å². The average molecular weight is 361 g/mol. The quantitative estimate of drug-likeness (QED) is 0.720. The van der Waals surface area contributed by atoms with Crippen LogP contribution in [-0.2, 0) is 17.6 Å². The van der Waals surface area contributed by atoms with Crippen molar-refractivity contribution in [1.29, 1.82) is 0 Å². The first-order valence-corrected chi connectivity index (χ1v) is 9.14. The van der Waals surface area contributed by atoms with Crippen LogP contribution >= 0.6 is 0 Å². The lowest BCUT2D eigenvalue weighted by molar-refractivity contribution is -0.142. The van der Waals surface area contributed by atoms with E-state index < -0.39 is 11.9 Å². The molecule has 27 heavy (non-hydrogen) atoms. The van der Waals surface area contributed by atoms with Gasteiger partial charge in [-0.1, -0.05) is 30.3 Å². The predicted molar refractivity (Wildman–Crippen MR) is 101 cm³/mol. The molecule has 0 unspecified atom stereocenters. The fraction of sp³-hybridized carbons (Fsp3) is 0.286. The van der Waals surface area contributed by atoms with E-state index >= 15 is 0 Å². The Labute approximate surface area is 155 Å². The van der Waals surface area contributed by atoms with Crippen LogP contribution in [0.2, 0.25) is 0 Å². The Morgan fingerprint density at radius 1 is 1.22 bits per heavy atom. The van der Waals surface area contributed by atoms with Crippen molar-refractivity contribution in [3.8, 4) is 0 Å². The van der Waals surface area contributed by atoms with E-state index in [1.807, 2.05) is 42.2 Å². The van der Waals surface area contributed by atoms with Crippen LogP contribution in [0.3, 0.4) is 0 Å². The van der Waals surface area contributed by atoms with Gasteiger partial charge in [0.1, 0.15) is 11.5 Å². The van der Waals surface area contributed by atoms with Crippen molar-refractivity contribution >= 4 is 17.4 Å². The minimum absolute atomic E-state index is 0.165. The number of rotatable bonds is 1. The summed E-state index contributed by atoms with van der Waals surface area (Å²) >= 11 is 0. The topological polar surface area (TPSA) is 74.9 Å². The maximum Gasteiger partial charge on any atom is 0.309 e. The van der Waals surface area contributed by atoms with Gasteiger partial charge in [-0.25, -0.2) is 4.98 Å². The van der Waals surface area contributed by atoms with Crippen LogP contribution in [-0.4, -0.2) is 27.0 Å². The number of carboxylic acids is 1. The van der Waals surface area contributed by atoms with Crippen molar-refractivity contribution in [2.75, 3.05) is 11.4 Å². The van der Waals surface area contributed by atoms with Gasteiger partial charge in [-0.3, -0.25) is 14.0 Å². The number of anilines is 1. The average Bonchev–Trinajstić information content (AvgIpc) is 2.68. The number of hydrogen-bond acceptors (Lipinski definition) is 4. The molecule has 2 aliphatic rings. The molecule has 2 aromatic heterocycles. The highest BCUT2D eigenvalue weighted by atomic mass is 16.4. The van der Waals surface area contributed by atoms with Crippen LogP contribution in [0.5, 0.6) is 0 Å². The van der Waals surface area contributed by atoms with Gasteiger partial charge in [-0.05, 0) is 42.5 Å². The number of carbonyl (C=O) groups is 1. The maximum atomic E-state index is 13.1. The summed E-state index contributed by atoms with van der Waals surface area (Å²) in [5.41, 5.74) is 4.11. The molecule has 0 spiro atoms. The van der Waals surface area contributed by atoms with Crippen molar-refractivity contribution in [1.82, 2.24) is 9.38 Å². The Kier molecular flexibility index (Phi) is 3.37. The molecule has 0 aliphatic carbocycles. The molecular formula is C21H19N3O3. The fourth-order valence-corrected chi connectivity index (χ4v) is 4.56. The Hall–Kier alpha value is -3.15. The molecule has 2 aliphatic heterocycles. The van der Waals surface area contributed by atoms with E-state index in [9.17, 15) is 14.7 Å². The molecule has 6 heteroatoms. The molecule has 1 aromatic carbocycles. The minimum Gasteiger partial charge on any atom is -0.481 e. The third-order valence-electron chi connectivity index (χ3n) is 5.85. The van der Waals surface area contributed by atoms with E-state index in [-0.39, 0.29) is 18.0 Å². The highest BCUT2D eigenvalue weighted by Gasteiger charge is 2.44. The van der Waals surface area contributed by atoms with E-state index in [0.717, 1.165) is 17.5 Å². The summed E-state index contributed by atoms with van der Waals surface area (Å²) in [7, 11) is 0. The number of aliphatic carboxylic acids is 1. The smallest absolute Gasteiger partial charge is 0.309 e. The molecule has 136 valence electrons. The standard InChI is InChI=1S/C21H19N3O3/c1-12-5-4-9-24-18(12)22-19-16(20(24)25)11-15(21(26)27)17-14-7-3-2-6-13(14)8-10-23(17)19/h2-7,9,15,17H,8,10-11H2,1H3,(H,26,27)/t15-,17+/m0/s1. The molecule has 4 heterocycles. The predicted octanol–water partition coefficient (Wildman–Crippen LogP) is 2.36. The largest absolute Gasteiger partial charge is 0.481 e. The molecule has 6 nitrogen and oxygen atoms in total. The van der Waals surface area contributed by atoms with Crippen molar-refractivity contribution in [3.05, 3.63) is 75.2 Å². The fourth-order valence-electron chi connectivity index (χ4n) is 4.56. The van der Waals surface area contributed by atoms with Gasteiger partial charge in [0.15, 0.2) is 0 Å². The van der Waals surface area contributed by atoms with Crippen molar-refractivity contribution in [3.63, 3.8) is 0 Å². The monoisotopic (exact) mass is 361 g/mol. The van der Waals surface area contributed by atoms with Gasteiger partial charge >= 0.3 is 5.97 Å². The Bertz CT molecular complexity index is 1150. The van der Waals surface area contributed by atoms with Crippen LogP contribution in [0.1, 0.15) is 28.3 Å². The molecule has 0 saturated heterocycles. The van der Waals surface area contributed by atoms with Gasteiger partial charge in [0.25, 0.3) is 5.56 Å². The summed E-state index contributed by atoms with van der Waals surface area (Å²) in [5, 5.41) is 9.92. The molecular weight excluding hydrogens is 342 g/mol. The second-order valence-electron chi connectivity index (χ2n) is 7.34. The number of aromatic nitrogens is 2. The van der Waals surface area contributed by atoms with Crippen LogP contribution in [0.15, 0.2) is 47.4 Å². The normalized spacial score (nSPS) is 20.7. The third kappa shape index (κ3) is 2.22. The van der Waals surface area contributed by atoms with E-state index in [1.165, 1.54) is 9.96 Å². The number of aryl methyl sites for hydroxylation is 1. The summed E-state index contributed by atoms with van der Waals surface area (Å²) in [6.45, 7) is 2.59. The van der Waals surface area contributed by atoms with E-state index in [0.29, 0.717) is 23.6 Å². The zero-order chi connectivity index (χ0) is 18.7. The highest BCUT2D eigenvalue weighted by Crippen LogP contribution is 2.43. The molecule has 5 rings (SSSR count). The highest BCUT2D eigenvalue weighted by molar-refractivity contribution is 5.76. The Balaban J connectivity index is 1.80. The van der Waals surface area contributed by atoms with Gasteiger partial charge in [0.05, 0.1) is 17.5 Å². The zero-order valence-corrected chi connectivity index (χ0v) is 14.9. The second-order valence-corrected chi connectivity index (χ2v) is 7.34. The van der Waals surface area contributed by atoms with Crippen molar-refractivity contribution in [2.24, 2.45) is 5.92 Å². The summed E-state index contributed by atoms with van der Waals surface area (Å²) in [6, 6.07) is 11.5. The summed E-state index contributed by atoms with van der Waals surface area (Å²) in [5.74, 6) is -0.899. The number of carboxylic acid groups (broad SMARTS) is 1. The molecule has 3 aromatic rings. The summed E-state index contributed by atoms with van der Waals surface area (Å²) in [4.78, 5) is 32.1. The molecule has 0 amide bonds. The Morgan fingerprint density at radius 2 is 2.04 bits per heavy atom. The minimum atomic E-state index is -0.874. The molecule has 1 N–H and O–H groups in total. The van der Waals surface area contributed by atoms with Crippen LogP contribution in [0, 0.1) is 12.8 Å². The lowest BCUT2D eigenvalue weighted by atomic mass is 9.79. The van der Waals surface area contributed by atoms with E-state index in [4.69, 9.17) is 4.98 Å². The Morgan fingerprint density at radius 3 is 2.85 bits per heavy atom. The molecule has 0 radical (unpaired) electrons. The number of pyridine rings is 1. The summed E-state index contributed by atoms with van der Waals surface area (Å²) < 4.78 is 1.53. The van der Waals surface area contributed by atoms with Gasteiger partial charge < -0.3 is 10.0 Å². The number of hydrogen-bond donors (Lipinski definition) is 1. The van der Waals surface area contributed by atoms with E-state index in [1.54, 1.807) is 6.20 Å². The number of nitrogens with zero attached hydrogens (tertiary/aromatic N) is 3. The molecule has 0 fully saturated rings. The van der Waals surface area contributed by atoms with Gasteiger partial charge in [0.2, 0.25) is 0 Å². The first kappa shape index (κ1) is 16.1. The zero-order valence-electron chi connectivity index (χ0n) is 14.9. The number of fused-ring (bicyclic) bond motifs is 6.